The highest BCUT2D eigenvalue weighted by molar-refractivity contribution is 6.21. The van der Waals surface area contributed by atoms with Gasteiger partial charge in [-0.25, -0.2) is 4.79 Å². The summed E-state index contributed by atoms with van der Waals surface area (Å²) in [6.45, 7) is 5.44. The van der Waals surface area contributed by atoms with Crippen LogP contribution in [0, 0.1) is 11.8 Å². The van der Waals surface area contributed by atoms with E-state index in [4.69, 9.17) is 4.74 Å². The average Bonchev–Trinajstić information content (AvgIpc) is 3.02. The number of nitrogens with zero attached hydrogens (tertiary/aromatic N) is 2. The molecule has 166 valence electrons. The lowest BCUT2D eigenvalue weighted by Crippen LogP contribution is -2.44. The first-order chi connectivity index (χ1) is 15.3. The third-order valence-corrected chi connectivity index (χ3v) is 5.96. The number of piperidine rings is 1. The Kier molecular flexibility index (Phi) is 6.08. The van der Waals surface area contributed by atoms with Gasteiger partial charge in [0.1, 0.15) is 0 Å². The summed E-state index contributed by atoms with van der Waals surface area (Å²) in [6.07, 6.45) is 1.09. The maximum absolute atomic E-state index is 12.5. The minimum absolute atomic E-state index is 0.117. The number of hydrogen-bond acceptors (Lipinski definition) is 5. The van der Waals surface area contributed by atoms with Crippen LogP contribution in [0.15, 0.2) is 48.5 Å². The highest BCUT2D eigenvalue weighted by Gasteiger charge is 2.35. The van der Waals surface area contributed by atoms with Crippen molar-refractivity contribution in [2.24, 2.45) is 11.8 Å². The summed E-state index contributed by atoms with van der Waals surface area (Å²) >= 11 is 0. The Labute approximate surface area is 187 Å². The lowest BCUT2D eigenvalue weighted by molar-refractivity contribution is -0.137. The van der Waals surface area contributed by atoms with Crippen molar-refractivity contribution in [2.45, 2.75) is 26.8 Å². The quantitative estimate of drug-likeness (QED) is 0.533. The van der Waals surface area contributed by atoms with Gasteiger partial charge >= 0.3 is 5.97 Å². The van der Waals surface area contributed by atoms with Crippen LogP contribution in [0.4, 0.5) is 0 Å². The number of rotatable bonds is 5. The van der Waals surface area contributed by atoms with E-state index in [1.54, 1.807) is 53.4 Å². The monoisotopic (exact) mass is 434 g/mol. The predicted molar refractivity (Wildman–Crippen MR) is 117 cm³/mol. The summed E-state index contributed by atoms with van der Waals surface area (Å²) in [7, 11) is 0. The smallest absolute Gasteiger partial charge is 0.338 e. The molecule has 0 aromatic heterocycles. The van der Waals surface area contributed by atoms with Gasteiger partial charge in [-0.1, -0.05) is 38.1 Å². The van der Waals surface area contributed by atoms with E-state index in [0.29, 0.717) is 47.2 Å². The van der Waals surface area contributed by atoms with Crippen molar-refractivity contribution >= 4 is 23.7 Å². The number of ether oxygens (including phenoxy) is 1. The molecule has 0 radical (unpaired) electrons. The summed E-state index contributed by atoms with van der Waals surface area (Å²) in [5, 5.41) is 0. The molecule has 4 rings (SSSR count). The molecule has 2 unspecified atom stereocenters. The first-order valence-corrected chi connectivity index (χ1v) is 10.8. The van der Waals surface area contributed by atoms with E-state index in [1.165, 1.54) is 4.90 Å². The fourth-order valence-corrected chi connectivity index (χ4v) is 4.48. The van der Waals surface area contributed by atoms with E-state index in [9.17, 15) is 19.2 Å². The molecule has 0 spiro atoms. The van der Waals surface area contributed by atoms with Crippen LogP contribution in [0.25, 0.3) is 0 Å². The molecule has 2 aliphatic heterocycles. The van der Waals surface area contributed by atoms with Crippen LogP contribution >= 0.6 is 0 Å². The van der Waals surface area contributed by atoms with Gasteiger partial charge in [0.15, 0.2) is 6.61 Å². The Bertz CT molecular complexity index is 1020. The van der Waals surface area contributed by atoms with Crippen molar-refractivity contribution < 1.29 is 23.9 Å². The maximum Gasteiger partial charge on any atom is 0.338 e. The first kappa shape index (κ1) is 21.7. The van der Waals surface area contributed by atoms with Crippen LogP contribution in [0.1, 0.15) is 56.9 Å². The van der Waals surface area contributed by atoms with Crippen molar-refractivity contribution in [1.82, 2.24) is 9.80 Å². The Balaban J connectivity index is 1.33. The molecule has 2 heterocycles. The van der Waals surface area contributed by atoms with Crippen molar-refractivity contribution in [1.29, 1.82) is 0 Å². The summed E-state index contributed by atoms with van der Waals surface area (Å²) in [4.78, 5) is 52.7. The lowest BCUT2D eigenvalue weighted by Gasteiger charge is -2.34. The largest absolute Gasteiger partial charge is 0.452 e. The number of amides is 3. The van der Waals surface area contributed by atoms with Crippen molar-refractivity contribution in [3.05, 3.63) is 70.8 Å². The fourth-order valence-electron chi connectivity index (χ4n) is 4.48. The summed E-state index contributed by atoms with van der Waals surface area (Å²) in [5.41, 5.74) is 1.83. The molecular weight excluding hydrogens is 408 g/mol. The van der Waals surface area contributed by atoms with Crippen LogP contribution in [-0.4, -0.2) is 53.2 Å². The van der Waals surface area contributed by atoms with Crippen molar-refractivity contribution in [3.8, 4) is 0 Å². The van der Waals surface area contributed by atoms with Gasteiger partial charge in [-0.15, -0.1) is 0 Å². The van der Waals surface area contributed by atoms with E-state index in [2.05, 4.69) is 13.8 Å². The Morgan fingerprint density at radius 2 is 1.47 bits per heavy atom. The SMILES string of the molecule is CC1CC(C)CN(C(=O)COC(=O)c2ccc(CN3C(=O)c4ccccc4C3=O)cc2)C1. The Morgan fingerprint density at radius 1 is 0.906 bits per heavy atom. The minimum Gasteiger partial charge on any atom is -0.452 e. The van der Waals surface area contributed by atoms with Crippen LogP contribution in [0.2, 0.25) is 0 Å². The molecule has 7 heteroatoms. The third-order valence-electron chi connectivity index (χ3n) is 5.96. The number of benzene rings is 2. The molecule has 1 saturated heterocycles. The highest BCUT2D eigenvalue weighted by atomic mass is 16.5. The van der Waals surface area contributed by atoms with Gasteiger partial charge in [0.2, 0.25) is 0 Å². The average molecular weight is 434 g/mol. The Hall–Kier alpha value is -3.48. The molecule has 2 aliphatic rings. The van der Waals surface area contributed by atoms with E-state index < -0.39 is 5.97 Å². The number of carbonyl (C=O) groups is 4. The third kappa shape index (κ3) is 4.42. The molecule has 32 heavy (non-hydrogen) atoms. The number of fused-ring (bicyclic) bond motifs is 1. The molecule has 3 amide bonds. The second kappa shape index (κ2) is 8.94. The Morgan fingerprint density at radius 3 is 2.03 bits per heavy atom. The minimum atomic E-state index is -0.580. The number of likely N-dealkylation sites (tertiary alicyclic amines) is 1. The van der Waals surface area contributed by atoms with Gasteiger partial charge in [-0.3, -0.25) is 19.3 Å². The first-order valence-electron chi connectivity index (χ1n) is 10.8. The molecule has 2 aromatic rings. The fraction of sp³-hybridized carbons (Fsp3) is 0.360. The standard InChI is InChI=1S/C25H26N2O5/c1-16-11-17(2)13-26(12-16)22(28)15-32-25(31)19-9-7-18(8-10-19)14-27-23(29)20-5-3-4-6-21(20)24(27)30/h3-10,16-17H,11-15H2,1-2H3. The van der Waals surface area contributed by atoms with Gasteiger partial charge in [0.05, 0.1) is 23.2 Å². The van der Waals surface area contributed by atoms with Crippen LogP contribution in [0.5, 0.6) is 0 Å². The zero-order valence-electron chi connectivity index (χ0n) is 18.2. The molecule has 1 fully saturated rings. The molecule has 2 aromatic carbocycles. The highest BCUT2D eigenvalue weighted by Crippen LogP contribution is 2.24. The van der Waals surface area contributed by atoms with Gasteiger partial charge in [-0.2, -0.15) is 0 Å². The van der Waals surface area contributed by atoms with Crippen LogP contribution in [0.3, 0.4) is 0 Å². The maximum atomic E-state index is 12.5. The second-order valence-electron chi connectivity index (χ2n) is 8.76. The van der Waals surface area contributed by atoms with Crippen LogP contribution in [-0.2, 0) is 16.1 Å². The topological polar surface area (TPSA) is 84.0 Å². The molecular formula is C25H26N2O5. The molecule has 7 nitrogen and oxygen atoms in total. The van der Waals surface area contributed by atoms with Gasteiger partial charge in [-0.05, 0) is 48.1 Å². The van der Waals surface area contributed by atoms with Gasteiger partial charge in [0.25, 0.3) is 17.7 Å². The number of esters is 1. The summed E-state index contributed by atoms with van der Waals surface area (Å²) in [5.74, 6) is -0.535. The zero-order valence-corrected chi connectivity index (χ0v) is 18.2. The summed E-state index contributed by atoms with van der Waals surface area (Å²) in [6, 6.07) is 13.2. The molecule has 0 N–H and O–H groups in total. The predicted octanol–water partition coefficient (Wildman–Crippen LogP) is 3.14. The molecule has 0 aliphatic carbocycles. The van der Waals surface area contributed by atoms with E-state index in [0.717, 1.165) is 6.42 Å². The van der Waals surface area contributed by atoms with E-state index in [1.807, 2.05) is 0 Å². The lowest BCUT2D eigenvalue weighted by atomic mass is 9.92. The van der Waals surface area contributed by atoms with E-state index in [-0.39, 0.29) is 30.9 Å². The number of imide groups is 1. The number of carbonyl (C=O) groups excluding carboxylic acids is 4. The summed E-state index contributed by atoms with van der Waals surface area (Å²) < 4.78 is 5.21. The van der Waals surface area contributed by atoms with Crippen molar-refractivity contribution in [2.75, 3.05) is 19.7 Å². The molecule has 2 atom stereocenters. The van der Waals surface area contributed by atoms with Gasteiger partial charge in [0, 0.05) is 13.1 Å². The second-order valence-corrected chi connectivity index (χ2v) is 8.76. The normalized spacial score (nSPS) is 20.3. The zero-order chi connectivity index (χ0) is 22.8. The molecule has 0 bridgehead atoms. The molecule has 0 saturated carbocycles. The number of hydrogen-bond donors (Lipinski definition) is 0. The van der Waals surface area contributed by atoms with Gasteiger partial charge < -0.3 is 9.64 Å². The van der Waals surface area contributed by atoms with Crippen molar-refractivity contribution in [3.63, 3.8) is 0 Å². The van der Waals surface area contributed by atoms with Crippen LogP contribution < -0.4 is 0 Å². The van der Waals surface area contributed by atoms with E-state index >= 15 is 0 Å².